The van der Waals surface area contributed by atoms with Crippen LogP contribution in [0.1, 0.15) is 13.8 Å². The summed E-state index contributed by atoms with van der Waals surface area (Å²) >= 11 is 0. The van der Waals surface area contributed by atoms with E-state index in [-0.39, 0.29) is 24.3 Å². The third-order valence-corrected chi connectivity index (χ3v) is 2.43. The van der Waals surface area contributed by atoms with Gasteiger partial charge in [-0.15, -0.1) is 0 Å². The number of aryl methyl sites for hydroxylation is 1. The highest BCUT2D eigenvalue weighted by Crippen LogP contribution is 2.00. The number of carbonyl (C=O) groups excluding carboxylic acids is 2. The van der Waals surface area contributed by atoms with Gasteiger partial charge in [0.05, 0.1) is 12.6 Å². The quantitative estimate of drug-likeness (QED) is 0.655. The molecule has 0 radical (unpaired) electrons. The van der Waals surface area contributed by atoms with Crippen LogP contribution in [0, 0.1) is 5.92 Å². The number of nitrogens with zero attached hydrogens (tertiary/aromatic N) is 2. The van der Waals surface area contributed by atoms with Gasteiger partial charge in [-0.1, -0.05) is 13.8 Å². The Morgan fingerprint density at radius 3 is 2.67 bits per heavy atom. The molecule has 0 fully saturated rings. The van der Waals surface area contributed by atoms with Crippen LogP contribution in [0.4, 0.5) is 5.82 Å². The van der Waals surface area contributed by atoms with Gasteiger partial charge in [0.15, 0.2) is 5.82 Å². The zero-order valence-electron chi connectivity index (χ0n) is 10.8. The van der Waals surface area contributed by atoms with E-state index in [4.69, 9.17) is 5.73 Å². The average Bonchev–Trinajstić information content (AvgIpc) is 2.70. The van der Waals surface area contributed by atoms with Gasteiger partial charge in [-0.25, -0.2) is 0 Å². The smallest absolute Gasteiger partial charge is 0.244 e. The summed E-state index contributed by atoms with van der Waals surface area (Å²) in [6.45, 7) is 3.58. The molecule has 1 heterocycles. The molecule has 0 aliphatic heterocycles. The van der Waals surface area contributed by atoms with E-state index in [1.807, 2.05) is 13.8 Å². The van der Waals surface area contributed by atoms with E-state index < -0.39 is 6.04 Å². The van der Waals surface area contributed by atoms with Crippen molar-refractivity contribution in [3.63, 3.8) is 0 Å². The number of hydrogen-bond acceptors (Lipinski definition) is 4. The zero-order valence-corrected chi connectivity index (χ0v) is 10.8. The molecule has 0 spiro atoms. The summed E-state index contributed by atoms with van der Waals surface area (Å²) in [7, 11) is 1.75. The summed E-state index contributed by atoms with van der Waals surface area (Å²) in [6.07, 6.45) is 1.71. The van der Waals surface area contributed by atoms with Crippen LogP contribution < -0.4 is 16.4 Å². The summed E-state index contributed by atoms with van der Waals surface area (Å²) in [4.78, 5) is 23.0. The topological polar surface area (TPSA) is 102 Å². The van der Waals surface area contributed by atoms with Gasteiger partial charge in [0, 0.05) is 19.3 Å². The van der Waals surface area contributed by atoms with Gasteiger partial charge in [-0.05, 0) is 5.92 Å². The molecule has 0 saturated heterocycles. The van der Waals surface area contributed by atoms with Gasteiger partial charge >= 0.3 is 0 Å². The summed E-state index contributed by atoms with van der Waals surface area (Å²) in [6, 6.07) is 1.06. The van der Waals surface area contributed by atoms with E-state index in [1.165, 1.54) is 0 Å². The van der Waals surface area contributed by atoms with E-state index in [2.05, 4.69) is 15.7 Å². The fourth-order valence-electron chi connectivity index (χ4n) is 1.26. The minimum Gasteiger partial charge on any atom is -0.346 e. The summed E-state index contributed by atoms with van der Waals surface area (Å²) in [5.74, 6) is -0.187. The standard InChI is InChI=1S/C11H19N5O2/c1-7(2)10(12)11(18)13-6-9(17)14-8-4-5-16(3)15-8/h4-5,7,10H,6,12H2,1-3H3,(H,13,18)(H,14,15,17)/t10-/m0/s1. The Morgan fingerprint density at radius 2 is 2.17 bits per heavy atom. The lowest BCUT2D eigenvalue weighted by atomic mass is 10.1. The van der Waals surface area contributed by atoms with Crippen LogP contribution in [0.3, 0.4) is 0 Å². The van der Waals surface area contributed by atoms with Gasteiger partial charge < -0.3 is 16.4 Å². The molecule has 100 valence electrons. The SMILES string of the molecule is CC(C)[C@H](N)C(=O)NCC(=O)Nc1ccn(C)n1. The predicted octanol–water partition coefficient (Wildman–Crippen LogP) is -0.542. The van der Waals surface area contributed by atoms with Crippen molar-refractivity contribution in [2.45, 2.75) is 19.9 Å². The Hall–Kier alpha value is -1.89. The minimum absolute atomic E-state index is 0.0313. The van der Waals surface area contributed by atoms with Crippen LogP contribution in [0.25, 0.3) is 0 Å². The minimum atomic E-state index is -0.604. The third-order valence-electron chi connectivity index (χ3n) is 2.43. The van der Waals surface area contributed by atoms with Crippen LogP contribution in [-0.4, -0.2) is 34.2 Å². The number of aromatic nitrogens is 2. The first-order valence-electron chi connectivity index (χ1n) is 5.73. The van der Waals surface area contributed by atoms with E-state index in [0.717, 1.165) is 0 Å². The Kier molecular flexibility index (Phi) is 4.85. The molecule has 4 N–H and O–H groups in total. The van der Waals surface area contributed by atoms with Crippen molar-refractivity contribution in [1.29, 1.82) is 0 Å². The highest BCUT2D eigenvalue weighted by molar-refractivity contribution is 5.94. The predicted molar refractivity (Wildman–Crippen MR) is 67.7 cm³/mol. The van der Waals surface area contributed by atoms with Crippen molar-refractivity contribution in [3.05, 3.63) is 12.3 Å². The highest BCUT2D eigenvalue weighted by atomic mass is 16.2. The molecule has 7 heteroatoms. The molecule has 0 aliphatic rings. The molecule has 1 rings (SSSR count). The Bertz CT molecular complexity index is 427. The second-order valence-electron chi connectivity index (χ2n) is 4.41. The first-order valence-corrected chi connectivity index (χ1v) is 5.73. The fourth-order valence-corrected chi connectivity index (χ4v) is 1.26. The lowest BCUT2D eigenvalue weighted by molar-refractivity contribution is -0.125. The van der Waals surface area contributed by atoms with Crippen LogP contribution in [0.2, 0.25) is 0 Å². The molecule has 0 unspecified atom stereocenters. The molecule has 1 atom stereocenters. The van der Waals surface area contributed by atoms with Crippen molar-refractivity contribution in [3.8, 4) is 0 Å². The van der Waals surface area contributed by atoms with Crippen LogP contribution in [-0.2, 0) is 16.6 Å². The monoisotopic (exact) mass is 253 g/mol. The molecule has 18 heavy (non-hydrogen) atoms. The second-order valence-corrected chi connectivity index (χ2v) is 4.41. The molecule has 0 bridgehead atoms. The van der Waals surface area contributed by atoms with E-state index in [1.54, 1.807) is 24.0 Å². The van der Waals surface area contributed by atoms with Gasteiger partial charge in [0.1, 0.15) is 0 Å². The molecule has 0 saturated carbocycles. The molecule has 0 aliphatic carbocycles. The molecule has 7 nitrogen and oxygen atoms in total. The van der Waals surface area contributed by atoms with Crippen LogP contribution in [0.5, 0.6) is 0 Å². The summed E-state index contributed by atoms with van der Waals surface area (Å²) < 4.78 is 1.57. The Balaban J connectivity index is 2.35. The molecule has 2 amide bonds. The van der Waals surface area contributed by atoms with Crippen molar-refractivity contribution < 1.29 is 9.59 Å². The molecule has 1 aromatic rings. The second kappa shape index (κ2) is 6.15. The average molecular weight is 253 g/mol. The third kappa shape index (κ3) is 4.17. The van der Waals surface area contributed by atoms with E-state index in [9.17, 15) is 9.59 Å². The molecular formula is C11H19N5O2. The van der Waals surface area contributed by atoms with Crippen molar-refractivity contribution in [1.82, 2.24) is 15.1 Å². The Morgan fingerprint density at radius 1 is 1.50 bits per heavy atom. The number of nitrogens with two attached hydrogens (primary N) is 1. The van der Waals surface area contributed by atoms with Crippen molar-refractivity contribution >= 4 is 17.6 Å². The summed E-state index contributed by atoms with van der Waals surface area (Å²) in [5, 5.41) is 9.03. The molecular weight excluding hydrogens is 234 g/mol. The zero-order chi connectivity index (χ0) is 13.7. The molecule has 0 aromatic carbocycles. The number of carbonyl (C=O) groups is 2. The van der Waals surface area contributed by atoms with Gasteiger partial charge in [-0.3, -0.25) is 14.3 Å². The van der Waals surface area contributed by atoms with Crippen LogP contribution in [0.15, 0.2) is 12.3 Å². The summed E-state index contributed by atoms with van der Waals surface area (Å²) in [5.41, 5.74) is 5.64. The van der Waals surface area contributed by atoms with E-state index in [0.29, 0.717) is 5.82 Å². The van der Waals surface area contributed by atoms with Crippen molar-refractivity contribution in [2.24, 2.45) is 18.7 Å². The number of nitrogens with one attached hydrogen (secondary N) is 2. The molecule has 1 aromatic heterocycles. The first kappa shape index (κ1) is 14.2. The maximum atomic E-state index is 11.5. The number of hydrogen-bond donors (Lipinski definition) is 3. The van der Waals surface area contributed by atoms with Crippen LogP contribution >= 0.6 is 0 Å². The Labute approximate surface area is 106 Å². The van der Waals surface area contributed by atoms with E-state index >= 15 is 0 Å². The van der Waals surface area contributed by atoms with Crippen molar-refractivity contribution in [2.75, 3.05) is 11.9 Å². The number of rotatable bonds is 5. The number of amides is 2. The first-order chi connectivity index (χ1) is 8.40. The normalized spacial score (nSPS) is 12.3. The highest BCUT2D eigenvalue weighted by Gasteiger charge is 2.17. The lowest BCUT2D eigenvalue weighted by Gasteiger charge is -2.14. The van der Waals surface area contributed by atoms with Gasteiger partial charge in [-0.2, -0.15) is 5.10 Å². The maximum absolute atomic E-state index is 11.5. The van der Waals surface area contributed by atoms with Gasteiger partial charge in [0.2, 0.25) is 11.8 Å². The largest absolute Gasteiger partial charge is 0.346 e. The fraction of sp³-hybridized carbons (Fsp3) is 0.545. The maximum Gasteiger partial charge on any atom is 0.244 e. The number of anilines is 1. The lowest BCUT2D eigenvalue weighted by Crippen LogP contribution is -2.46. The van der Waals surface area contributed by atoms with Gasteiger partial charge in [0.25, 0.3) is 0 Å².